The third-order valence-corrected chi connectivity index (χ3v) is 4.76. The Morgan fingerprint density at radius 1 is 0.692 bits per heavy atom. The van der Waals surface area contributed by atoms with E-state index in [1.54, 1.807) is 16.7 Å². The first-order valence-electron chi connectivity index (χ1n) is 10.7. The van der Waals surface area contributed by atoms with Crippen molar-refractivity contribution >= 4 is 0 Å². The van der Waals surface area contributed by atoms with Crippen LogP contribution in [0, 0.1) is 0 Å². The zero-order valence-electron chi connectivity index (χ0n) is 17.8. The van der Waals surface area contributed by atoms with Gasteiger partial charge in [0, 0.05) is 0 Å². The van der Waals surface area contributed by atoms with Gasteiger partial charge in [-0.3, -0.25) is 0 Å². The Balaban J connectivity index is 0.000000475. The summed E-state index contributed by atoms with van der Waals surface area (Å²) in [5, 5.41) is 0. The first-order valence-corrected chi connectivity index (χ1v) is 10.7. The maximum Gasteiger partial charge on any atom is 2.00 e. The Morgan fingerprint density at radius 3 is 1.92 bits per heavy atom. The quantitative estimate of drug-likeness (QED) is 0.287. The Labute approximate surface area is 174 Å². The average molecular weight is 396 g/mol. The molecule has 0 aromatic heterocycles. The molecular formula is C25H40Fe. The van der Waals surface area contributed by atoms with Crippen molar-refractivity contribution < 1.29 is 17.1 Å². The van der Waals surface area contributed by atoms with Crippen LogP contribution in [0.25, 0.3) is 0 Å². The Morgan fingerprint density at radius 2 is 1.35 bits per heavy atom. The molecule has 0 atom stereocenters. The van der Waals surface area contributed by atoms with Gasteiger partial charge in [-0.25, -0.2) is 12.1 Å². The van der Waals surface area contributed by atoms with Gasteiger partial charge in [0.1, 0.15) is 0 Å². The minimum atomic E-state index is 0. The van der Waals surface area contributed by atoms with Crippen molar-refractivity contribution in [3.63, 3.8) is 0 Å². The van der Waals surface area contributed by atoms with Crippen molar-refractivity contribution in [1.29, 1.82) is 0 Å². The number of aryl methyl sites for hydroxylation is 4. The van der Waals surface area contributed by atoms with Crippen molar-refractivity contribution in [2.24, 2.45) is 0 Å². The molecule has 0 fully saturated rings. The number of rotatable bonds is 10. The van der Waals surface area contributed by atoms with Gasteiger partial charge in [-0.2, -0.15) is 46.0 Å². The summed E-state index contributed by atoms with van der Waals surface area (Å²) in [6, 6.07) is 11.6. The molecule has 0 bridgehead atoms. The van der Waals surface area contributed by atoms with E-state index in [-0.39, 0.29) is 17.1 Å². The molecule has 0 nitrogen and oxygen atoms in total. The molecule has 2 aromatic rings. The molecule has 0 saturated carbocycles. The van der Waals surface area contributed by atoms with Crippen LogP contribution in [0.5, 0.6) is 0 Å². The normalized spacial score (nSPS) is 10.2. The Bertz CT molecular complexity index is 514. The topological polar surface area (TPSA) is 0 Å². The summed E-state index contributed by atoms with van der Waals surface area (Å²) in [6.45, 7) is 11.3. The molecule has 0 aliphatic carbocycles. The fourth-order valence-electron chi connectivity index (χ4n) is 3.62. The summed E-state index contributed by atoms with van der Waals surface area (Å²) < 4.78 is 0. The largest absolute Gasteiger partial charge is 2.00 e. The third-order valence-electron chi connectivity index (χ3n) is 4.76. The predicted molar refractivity (Wildman–Crippen MR) is 114 cm³/mol. The van der Waals surface area contributed by atoms with Crippen molar-refractivity contribution in [2.45, 2.75) is 98.8 Å². The number of hydrogen-bond acceptors (Lipinski definition) is 0. The minimum absolute atomic E-state index is 0. The molecule has 148 valence electrons. The molecule has 0 saturated heterocycles. The van der Waals surface area contributed by atoms with Crippen LogP contribution in [0.3, 0.4) is 0 Å². The van der Waals surface area contributed by atoms with E-state index in [0.29, 0.717) is 0 Å². The van der Waals surface area contributed by atoms with Gasteiger partial charge in [-0.05, 0) is 0 Å². The van der Waals surface area contributed by atoms with Crippen LogP contribution < -0.4 is 0 Å². The average Bonchev–Trinajstić information content (AvgIpc) is 3.19. The van der Waals surface area contributed by atoms with E-state index < -0.39 is 0 Å². The maximum atomic E-state index is 2.35. The maximum absolute atomic E-state index is 2.35. The molecule has 0 spiro atoms. The van der Waals surface area contributed by atoms with Crippen molar-refractivity contribution in [1.82, 2.24) is 0 Å². The Hall–Kier alpha value is -0.781. The molecule has 0 heterocycles. The van der Waals surface area contributed by atoms with Crippen molar-refractivity contribution in [2.75, 3.05) is 0 Å². The van der Waals surface area contributed by atoms with Gasteiger partial charge in [0.25, 0.3) is 0 Å². The summed E-state index contributed by atoms with van der Waals surface area (Å²) >= 11 is 0. The zero-order chi connectivity index (χ0) is 18.5. The van der Waals surface area contributed by atoms with Crippen molar-refractivity contribution in [3.05, 3.63) is 58.1 Å². The Kier molecular flexibility index (Phi) is 14.8. The molecule has 1 heteroatoms. The summed E-state index contributed by atoms with van der Waals surface area (Å²) in [4.78, 5) is 0. The monoisotopic (exact) mass is 396 g/mol. The van der Waals surface area contributed by atoms with E-state index in [2.05, 4.69) is 65.0 Å². The van der Waals surface area contributed by atoms with E-state index in [1.807, 2.05) is 0 Å². The second-order valence-electron chi connectivity index (χ2n) is 7.24. The number of hydrogen-bond donors (Lipinski definition) is 0. The van der Waals surface area contributed by atoms with Crippen LogP contribution in [-0.2, 0) is 49.2 Å². The first kappa shape index (κ1) is 25.2. The van der Waals surface area contributed by atoms with E-state index in [0.717, 1.165) is 0 Å². The first-order chi connectivity index (χ1) is 12.2. The fraction of sp³-hybridized carbons (Fsp3) is 0.600. The van der Waals surface area contributed by atoms with Gasteiger partial charge in [0.2, 0.25) is 0 Å². The van der Waals surface area contributed by atoms with E-state index in [9.17, 15) is 0 Å². The summed E-state index contributed by atoms with van der Waals surface area (Å²) in [5.74, 6) is 0. The van der Waals surface area contributed by atoms with Crippen LogP contribution in [0.4, 0.5) is 0 Å². The van der Waals surface area contributed by atoms with Gasteiger partial charge in [-0.15, -0.1) is 0 Å². The predicted octanol–water partition coefficient (Wildman–Crippen LogP) is 7.57. The van der Waals surface area contributed by atoms with Crippen LogP contribution in [0.15, 0.2) is 30.3 Å². The van der Waals surface area contributed by atoms with Crippen LogP contribution in [-0.4, -0.2) is 0 Å². The van der Waals surface area contributed by atoms with Gasteiger partial charge in [0.15, 0.2) is 0 Å². The van der Waals surface area contributed by atoms with Crippen LogP contribution >= 0.6 is 0 Å². The summed E-state index contributed by atoms with van der Waals surface area (Å²) in [6.07, 6.45) is 12.6. The molecule has 0 unspecified atom stereocenters. The smallest absolute Gasteiger partial charge is 0.210 e. The molecule has 0 amide bonds. The standard InChI is InChI=1S/C14H23.C11H17.Fe/c1-4-7-12-10-11-13(8-5-2)14(12)9-6-3;1-3-5-10-7-8-11(9-10)6-4-2;/h10-11H,4-9H2,1-3H3;7-9H,3-6H2,1-2H3;/q2*-1;+2. The minimum Gasteiger partial charge on any atom is -0.210 e. The molecule has 2 aromatic carbocycles. The third kappa shape index (κ3) is 8.74. The fourth-order valence-corrected chi connectivity index (χ4v) is 3.62. The molecule has 0 aliphatic rings. The van der Waals surface area contributed by atoms with Gasteiger partial charge in [-0.1, -0.05) is 98.8 Å². The molecule has 0 N–H and O–H groups in total. The van der Waals surface area contributed by atoms with Gasteiger partial charge >= 0.3 is 17.1 Å². The molecular weight excluding hydrogens is 356 g/mol. The SMILES string of the molecule is CCCc1cc[c-](CCC)c1.CCCc1cc[c-](CCC)c1CCC.[Fe+2]. The second-order valence-corrected chi connectivity index (χ2v) is 7.24. The molecule has 2 rings (SSSR count). The zero-order valence-corrected chi connectivity index (χ0v) is 18.9. The second kappa shape index (κ2) is 15.3. The van der Waals surface area contributed by atoms with E-state index >= 15 is 0 Å². The van der Waals surface area contributed by atoms with E-state index in [4.69, 9.17) is 0 Å². The van der Waals surface area contributed by atoms with Crippen LogP contribution in [0.2, 0.25) is 0 Å². The van der Waals surface area contributed by atoms with Gasteiger partial charge in [0.05, 0.1) is 0 Å². The van der Waals surface area contributed by atoms with Crippen molar-refractivity contribution in [3.8, 4) is 0 Å². The molecule has 0 radical (unpaired) electrons. The molecule has 0 aliphatic heterocycles. The van der Waals surface area contributed by atoms with Crippen LogP contribution in [0.1, 0.15) is 94.5 Å². The summed E-state index contributed by atoms with van der Waals surface area (Å²) in [7, 11) is 0. The summed E-state index contributed by atoms with van der Waals surface area (Å²) in [5.41, 5.74) is 7.90. The molecule has 26 heavy (non-hydrogen) atoms. The van der Waals surface area contributed by atoms with E-state index in [1.165, 1.54) is 75.3 Å². The van der Waals surface area contributed by atoms with Gasteiger partial charge < -0.3 is 0 Å².